The molecule has 0 unspecified atom stereocenters. The molecule has 3 aromatic carbocycles. The second-order valence-corrected chi connectivity index (χ2v) is 7.22. The fourth-order valence-electron chi connectivity index (χ4n) is 3.46. The van der Waals surface area contributed by atoms with E-state index in [4.69, 9.17) is 4.42 Å². The second kappa shape index (κ2) is 8.74. The van der Waals surface area contributed by atoms with Crippen LogP contribution in [0.25, 0.3) is 10.9 Å². The first-order valence-corrected chi connectivity index (χ1v) is 9.91. The summed E-state index contributed by atoms with van der Waals surface area (Å²) in [5, 5.41) is 3.30. The monoisotopic (exact) mass is 398 g/mol. The molecule has 0 radical (unpaired) electrons. The summed E-state index contributed by atoms with van der Waals surface area (Å²) < 4.78 is 5.46. The average molecular weight is 398 g/mol. The molecule has 150 valence electrons. The SMILES string of the molecule is Cc1c(NC(=O)CCc2ccccc2)ccc2nc(Cc3ccccc3)oc(=O)c12. The van der Waals surface area contributed by atoms with Crippen LogP contribution in [-0.4, -0.2) is 10.9 Å². The minimum atomic E-state index is -0.441. The molecule has 0 saturated carbocycles. The Bertz CT molecular complexity index is 1230. The van der Waals surface area contributed by atoms with E-state index in [-0.39, 0.29) is 5.91 Å². The Balaban J connectivity index is 1.53. The number of hydrogen-bond acceptors (Lipinski definition) is 4. The summed E-state index contributed by atoms with van der Waals surface area (Å²) in [5.74, 6) is 0.275. The predicted molar refractivity (Wildman–Crippen MR) is 118 cm³/mol. The van der Waals surface area contributed by atoms with Crippen LogP contribution in [0.4, 0.5) is 5.69 Å². The van der Waals surface area contributed by atoms with Crippen LogP contribution in [0.5, 0.6) is 0 Å². The third-order valence-electron chi connectivity index (χ3n) is 5.06. The highest BCUT2D eigenvalue weighted by Gasteiger charge is 2.14. The van der Waals surface area contributed by atoms with Crippen molar-refractivity contribution in [2.75, 3.05) is 5.32 Å². The third kappa shape index (κ3) is 4.46. The lowest BCUT2D eigenvalue weighted by atomic mass is 10.1. The Hall–Kier alpha value is -3.73. The summed E-state index contributed by atoms with van der Waals surface area (Å²) in [5.41, 5.74) is 3.52. The van der Waals surface area contributed by atoms with Gasteiger partial charge in [0.05, 0.1) is 10.9 Å². The van der Waals surface area contributed by atoms with E-state index >= 15 is 0 Å². The highest BCUT2D eigenvalue weighted by molar-refractivity contribution is 5.95. The fraction of sp³-hybridized carbons (Fsp3) is 0.160. The number of fused-ring (bicyclic) bond motifs is 1. The van der Waals surface area contributed by atoms with Gasteiger partial charge in [-0.3, -0.25) is 4.79 Å². The average Bonchev–Trinajstić information content (AvgIpc) is 2.75. The Labute approximate surface area is 174 Å². The molecule has 5 nitrogen and oxygen atoms in total. The number of carbonyl (C=O) groups is 1. The van der Waals surface area contributed by atoms with Gasteiger partial charge in [0, 0.05) is 18.5 Å². The van der Waals surface area contributed by atoms with Crippen LogP contribution in [0.1, 0.15) is 29.0 Å². The summed E-state index contributed by atoms with van der Waals surface area (Å²) in [6, 6.07) is 23.1. The van der Waals surface area contributed by atoms with E-state index in [1.807, 2.05) is 60.7 Å². The molecule has 0 saturated heterocycles. The molecule has 1 aromatic heterocycles. The molecule has 4 rings (SSSR count). The summed E-state index contributed by atoms with van der Waals surface area (Å²) in [6.07, 6.45) is 1.47. The van der Waals surface area contributed by atoms with Crippen molar-refractivity contribution in [1.82, 2.24) is 4.98 Å². The van der Waals surface area contributed by atoms with Crippen molar-refractivity contribution in [3.05, 3.63) is 106 Å². The van der Waals surface area contributed by atoms with Crippen LogP contribution >= 0.6 is 0 Å². The minimum absolute atomic E-state index is 0.0978. The number of aryl methyl sites for hydroxylation is 2. The van der Waals surface area contributed by atoms with Crippen LogP contribution in [-0.2, 0) is 17.6 Å². The lowest BCUT2D eigenvalue weighted by Crippen LogP contribution is -2.15. The Kier molecular flexibility index (Phi) is 5.70. The van der Waals surface area contributed by atoms with Crippen molar-refractivity contribution in [2.45, 2.75) is 26.2 Å². The molecule has 5 heteroatoms. The molecule has 1 heterocycles. The summed E-state index contributed by atoms with van der Waals surface area (Å²) in [6.45, 7) is 1.80. The Morgan fingerprint density at radius 1 is 0.933 bits per heavy atom. The Morgan fingerprint density at radius 3 is 2.30 bits per heavy atom. The number of rotatable bonds is 6. The molecule has 0 fully saturated rings. The quantitative estimate of drug-likeness (QED) is 0.513. The molecule has 0 spiro atoms. The first-order valence-electron chi connectivity index (χ1n) is 9.91. The zero-order valence-electron chi connectivity index (χ0n) is 16.7. The molecule has 1 N–H and O–H groups in total. The largest absolute Gasteiger partial charge is 0.408 e. The van der Waals surface area contributed by atoms with Gasteiger partial charge in [-0.15, -0.1) is 0 Å². The molecule has 0 atom stereocenters. The maximum absolute atomic E-state index is 12.6. The van der Waals surface area contributed by atoms with E-state index in [1.165, 1.54) is 0 Å². The molecule has 4 aromatic rings. The molecule has 0 aliphatic carbocycles. The van der Waals surface area contributed by atoms with Crippen LogP contribution < -0.4 is 10.9 Å². The highest BCUT2D eigenvalue weighted by Crippen LogP contribution is 2.23. The lowest BCUT2D eigenvalue weighted by molar-refractivity contribution is -0.116. The van der Waals surface area contributed by atoms with Gasteiger partial charge in [-0.2, -0.15) is 0 Å². The summed E-state index contributed by atoms with van der Waals surface area (Å²) in [4.78, 5) is 29.5. The maximum atomic E-state index is 12.6. The molecular formula is C25H22N2O3. The van der Waals surface area contributed by atoms with Gasteiger partial charge in [-0.1, -0.05) is 60.7 Å². The van der Waals surface area contributed by atoms with Crippen molar-refractivity contribution in [3.8, 4) is 0 Å². The molecule has 1 amide bonds. The van der Waals surface area contributed by atoms with Crippen LogP contribution in [0, 0.1) is 6.92 Å². The van der Waals surface area contributed by atoms with E-state index in [1.54, 1.807) is 19.1 Å². The zero-order chi connectivity index (χ0) is 20.9. The second-order valence-electron chi connectivity index (χ2n) is 7.22. The van der Waals surface area contributed by atoms with Crippen LogP contribution in [0.15, 0.2) is 82.0 Å². The van der Waals surface area contributed by atoms with E-state index < -0.39 is 5.63 Å². The van der Waals surface area contributed by atoms with Crippen molar-refractivity contribution in [1.29, 1.82) is 0 Å². The number of aromatic nitrogens is 1. The highest BCUT2D eigenvalue weighted by atomic mass is 16.4. The first kappa shape index (κ1) is 19.6. The maximum Gasteiger partial charge on any atom is 0.347 e. The first-order chi connectivity index (χ1) is 14.6. The summed E-state index contributed by atoms with van der Waals surface area (Å²) in [7, 11) is 0. The van der Waals surface area contributed by atoms with E-state index in [9.17, 15) is 9.59 Å². The fourth-order valence-corrected chi connectivity index (χ4v) is 3.46. The number of amides is 1. The molecule has 0 aliphatic heterocycles. The van der Waals surface area contributed by atoms with Crippen molar-refractivity contribution in [2.24, 2.45) is 0 Å². The topological polar surface area (TPSA) is 72.2 Å². The molecule has 30 heavy (non-hydrogen) atoms. The van der Waals surface area contributed by atoms with E-state index in [2.05, 4.69) is 10.3 Å². The molecule has 0 bridgehead atoms. The number of nitrogens with zero attached hydrogens (tertiary/aromatic N) is 1. The smallest absolute Gasteiger partial charge is 0.347 e. The normalized spacial score (nSPS) is 10.8. The van der Waals surface area contributed by atoms with Gasteiger partial charge in [0.2, 0.25) is 11.8 Å². The number of hydrogen-bond donors (Lipinski definition) is 1. The van der Waals surface area contributed by atoms with E-state index in [0.717, 1.165) is 11.1 Å². The van der Waals surface area contributed by atoms with Gasteiger partial charge in [-0.25, -0.2) is 9.78 Å². The van der Waals surface area contributed by atoms with Crippen molar-refractivity contribution >= 4 is 22.5 Å². The Morgan fingerprint density at radius 2 is 1.60 bits per heavy atom. The number of benzene rings is 3. The van der Waals surface area contributed by atoms with Crippen molar-refractivity contribution < 1.29 is 9.21 Å². The molecule has 0 aliphatic rings. The predicted octanol–water partition coefficient (Wildman–Crippen LogP) is 4.66. The zero-order valence-corrected chi connectivity index (χ0v) is 16.7. The molecular weight excluding hydrogens is 376 g/mol. The van der Waals surface area contributed by atoms with Gasteiger partial charge in [0.25, 0.3) is 0 Å². The van der Waals surface area contributed by atoms with Gasteiger partial charge < -0.3 is 9.73 Å². The van der Waals surface area contributed by atoms with Gasteiger partial charge >= 0.3 is 5.63 Å². The van der Waals surface area contributed by atoms with Crippen molar-refractivity contribution in [3.63, 3.8) is 0 Å². The summed E-state index contributed by atoms with van der Waals surface area (Å²) >= 11 is 0. The van der Waals surface area contributed by atoms with Crippen LogP contribution in [0.2, 0.25) is 0 Å². The van der Waals surface area contributed by atoms with Crippen LogP contribution in [0.3, 0.4) is 0 Å². The number of carbonyl (C=O) groups excluding carboxylic acids is 1. The lowest BCUT2D eigenvalue weighted by Gasteiger charge is -2.11. The standard InChI is InChI=1S/C25H22N2O3/c1-17-20(26-22(28)15-12-18-8-4-2-5-9-18)13-14-21-24(17)25(29)30-23(27-21)16-19-10-6-3-7-11-19/h2-11,13-14H,12,15-16H2,1H3,(H,26,28). The van der Waals surface area contributed by atoms with Gasteiger partial charge in [-0.05, 0) is 42.2 Å². The minimum Gasteiger partial charge on any atom is -0.408 e. The number of anilines is 1. The van der Waals surface area contributed by atoms with Gasteiger partial charge in [0.1, 0.15) is 0 Å². The third-order valence-corrected chi connectivity index (χ3v) is 5.06. The van der Waals surface area contributed by atoms with E-state index in [0.29, 0.717) is 47.3 Å². The van der Waals surface area contributed by atoms with Gasteiger partial charge in [0.15, 0.2) is 0 Å². The number of nitrogens with one attached hydrogen (secondary N) is 1.